The molecule has 34 heavy (non-hydrogen) atoms. The van der Waals surface area contributed by atoms with Crippen molar-refractivity contribution in [2.75, 3.05) is 37.3 Å². The van der Waals surface area contributed by atoms with Crippen LogP contribution in [-0.4, -0.2) is 78.4 Å². The fourth-order valence-corrected chi connectivity index (χ4v) is 5.26. The van der Waals surface area contributed by atoms with Crippen LogP contribution in [0.15, 0.2) is 42.6 Å². The number of amides is 2. The molecule has 2 aliphatic rings. The standard InChI is InChI=1S/C24H27N5O4S/c1-34(32,33)28-12-10-27(11-13-28)23(31)14-17-2-4-18(5-3-17)21-15-22(29(16-30)19-6-7-19)26-24-20(21)8-9-25-24/h2-5,8-9,15-16,19H,6-7,10-14H2,1H3,(H,25,26). The molecule has 9 nitrogen and oxygen atoms in total. The Kier molecular flexibility index (Phi) is 5.86. The molecule has 1 saturated carbocycles. The van der Waals surface area contributed by atoms with E-state index in [-0.39, 0.29) is 18.4 Å². The Balaban J connectivity index is 1.32. The molecule has 5 rings (SSSR count). The van der Waals surface area contributed by atoms with Gasteiger partial charge in [-0.05, 0) is 41.7 Å². The number of aromatic nitrogens is 2. The molecular formula is C24H27N5O4S. The average molecular weight is 482 g/mol. The molecular weight excluding hydrogens is 454 g/mol. The SMILES string of the molecule is CS(=O)(=O)N1CCN(C(=O)Cc2ccc(-c3cc(N(C=O)C4CC4)nc4[nH]ccc34)cc2)CC1. The van der Waals surface area contributed by atoms with Gasteiger partial charge in [0, 0.05) is 43.8 Å². The van der Waals surface area contributed by atoms with Gasteiger partial charge in [-0.1, -0.05) is 24.3 Å². The number of hydrogen-bond acceptors (Lipinski definition) is 5. The second-order valence-electron chi connectivity index (χ2n) is 8.93. The fraction of sp³-hybridized carbons (Fsp3) is 0.375. The van der Waals surface area contributed by atoms with Crippen molar-refractivity contribution in [2.45, 2.75) is 25.3 Å². The Labute approximate surface area is 198 Å². The van der Waals surface area contributed by atoms with Crippen LogP contribution in [0.2, 0.25) is 0 Å². The van der Waals surface area contributed by atoms with Crippen LogP contribution in [0.4, 0.5) is 5.82 Å². The summed E-state index contributed by atoms with van der Waals surface area (Å²) in [6, 6.07) is 12.0. The topological polar surface area (TPSA) is 107 Å². The van der Waals surface area contributed by atoms with E-state index in [0.717, 1.165) is 47.0 Å². The largest absolute Gasteiger partial charge is 0.346 e. The number of rotatable bonds is 7. The van der Waals surface area contributed by atoms with Gasteiger partial charge < -0.3 is 9.88 Å². The molecule has 2 fully saturated rings. The molecule has 2 aromatic heterocycles. The number of nitrogens with one attached hydrogen (secondary N) is 1. The molecule has 0 radical (unpaired) electrons. The number of carbonyl (C=O) groups is 2. The number of anilines is 1. The molecule has 3 aromatic rings. The van der Waals surface area contributed by atoms with Gasteiger partial charge in [-0.2, -0.15) is 4.31 Å². The van der Waals surface area contributed by atoms with Crippen LogP contribution in [0, 0.1) is 0 Å². The molecule has 0 spiro atoms. The summed E-state index contributed by atoms with van der Waals surface area (Å²) in [6.07, 6.45) is 6.13. The van der Waals surface area contributed by atoms with Crippen molar-refractivity contribution in [1.29, 1.82) is 0 Å². The van der Waals surface area contributed by atoms with Crippen molar-refractivity contribution in [3.8, 4) is 11.1 Å². The van der Waals surface area contributed by atoms with Gasteiger partial charge in [0.15, 0.2) is 0 Å². The summed E-state index contributed by atoms with van der Waals surface area (Å²) >= 11 is 0. The Hall–Kier alpha value is -3.24. The monoisotopic (exact) mass is 481 g/mol. The minimum atomic E-state index is -3.22. The Bertz CT molecular complexity index is 1320. The third-order valence-electron chi connectivity index (χ3n) is 6.51. The van der Waals surface area contributed by atoms with E-state index >= 15 is 0 Å². The Morgan fingerprint density at radius 2 is 1.85 bits per heavy atom. The zero-order chi connectivity index (χ0) is 23.9. The first-order valence-electron chi connectivity index (χ1n) is 11.4. The maximum absolute atomic E-state index is 12.7. The van der Waals surface area contributed by atoms with Crippen LogP contribution in [0.25, 0.3) is 22.2 Å². The lowest BCUT2D eigenvalue weighted by Crippen LogP contribution is -2.50. The number of sulfonamides is 1. The van der Waals surface area contributed by atoms with E-state index in [9.17, 15) is 18.0 Å². The predicted molar refractivity (Wildman–Crippen MR) is 130 cm³/mol. The summed E-state index contributed by atoms with van der Waals surface area (Å²) in [5.41, 5.74) is 3.58. The predicted octanol–water partition coefficient (Wildman–Crippen LogP) is 2.00. The first-order valence-corrected chi connectivity index (χ1v) is 13.2. The number of hydrogen-bond donors (Lipinski definition) is 1. The van der Waals surface area contributed by atoms with Gasteiger partial charge in [0.05, 0.1) is 12.7 Å². The molecule has 10 heteroatoms. The number of benzene rings is 1. The van der Waals surface area contributed by atoms with Crippen molar-refractivity contribution >= 4 is 39.2 Å². The second-order valence-corrected chi connectivity index (χ2v) is 10.9. The lowest BCUT2D eigenvalue weighted by atomic mass is 10.0. The molecule has 0 atom stereocenters. The van der Waals surface area contributed by atoms with Crippen molar-refractivity contribution in [2.24, 2.45) is 0 Å². The summed E-state index contributed by atoms with van der Waals surface area (Å²) in [4.78, 5) is 35.6. The number of H-pyrrole nitrogens is 1. The number of piperazine rings is 1. The molecule has 178 valence electrons. The smallest absolute Gasteiger partial charge is 0.227 e. The zero-order valence-electron chi connectivity index (χ0n) is 19.0. The number of fused-ring (bicyclic) bond motifs is 1. The van der Waals surface area contributed by atoms with Gasteiger partial charge in [-0.15, -0.1) is 0 Å². The van der Waals surface area contributed by atoms with Gasteiger partial charge in [0.25, 0.3) is 0 Å². The van der Waals surface area contributed by atoms with E-state index in [1.54, 1.807) is 9.80 Å². The molecule has 1 aliphatic carbocycles. The van der Waals surface area contributed by atoms with Gasteiger partial charge in [-0.3, -0.25) is 14.5 Å². The molecule has 1 aromatic carbocycles. The minimum Gasteiger partial charge on any atom is -0.346 e. The number of pyridine rings is 1. The minimum absolute atomic E-state index is 0.00817. The van der Waals surface area contributed by atoms with Gasteiger partial charge in [-0.25, -0.2) is 13.4 Å². The first-order chi connectivity index (χ1) is 16.3. The van der Waals surface area contributed by atoms with E-state index < -0.39 is 10.0 Å². The third-order valence-corrected chi connectivity index (χ3v) is 7.82. The van der Waals surface area contributed by atoms with Crippen molar-refractivity contribution < 1.29 is 18.0 Å². The normalized spacial score (nSPS) is 17.1. The van der Waals surface area contributed by atoms with E-state index in [1.165, 1.54) is 10.6 Å². The van der Waals surface area contributed by atoms with Crippen LogP contribution in [0.1, 0.15) is 18.4 Å². The van der Waals surface area contributed by atoms with Crippen LogP contribution in [0.3, 0.4) is 0 Å². The van der Waals surface area contributed by atoms with Crippen LogP contribution >= 0.6 is 0 Å². The van der Waals surface area contributed by atoms with Crippen LogP contribution in [-0.2, 0) is 26.0 Å². The van der Waals surface area contributed by atoms with E-state index in [2.05, 4.69) is 9.97 Å². The molecule has 3 heterocycles. The highest BCUT2D eigenvalue weighted by molar-refractivity contribution is 7.88. The number of aromatic amines is 1. The Morgan fingerprint density at radius 1 is 1.15 bits per heavy atom. The van der Waals surface area contributed by atoms with Crippen LogP contribution in [0.5, 0.6) is 0 Å². The lowest BCUT2D eigenvalue weighted by Gasteiger charge is -2.33. The third kappa shape index (κ3) is 4.55. The summed E-state index contributed by atoms with van der Waals surface area (Å²) in [5, 5.41) is 0.970. The maximum Gasteiger partial charge on any atom is 0.227 e. The second kappa shape index (κ2) is 8.84. The van der Waals surface area contributed by atoms with Gasteiger partial charge in [0.1, 0.15) is 11.5 Å². The molecule has 1 aliphatic heterocycles. The Morgan fingerprint density at radius 3 is 2.47 bits per heavy atom. The first kappa shape index (κ1) is 22.5. The molecule has 1 saturated heterocycles. The highest BCUT2D eigenvalue weighted by atomic mass is 32.2. The highest BCUT2D eigenvalue weighted by Gasteiger charge is 2.30. The fourth-order valence-electron chi connectivity index (χ4n) is 4.43. The van der Waals surface area contributed by atoms with Gasteiger partial charge in [0.2, 0.25) is 22.3 Å². The van der Waals surface area contributed by atoms with E-state index in [4.69, 9.17) is 0 Å². The summed E-state index contributed by atoms with van der Waals surface area (Å²) in [5.74, 6) is 0.626. The average Bonchev–Trinajstić information content (AvgIpc) is 3.54. The number of nitrogens with zero attached hydrogens (tertiary/aromatic N) is 4. The number of carbonyl (C=O) groups excluding carboxylic acids is 2. The van der Waals surface area contributed by atoms with Crippen molar-refractivity contribution in [3.63, 3.8) is 0 Å². The molecule has 1 N–H and O–H groups in total. The summed E-state index contributed by atoms with van der Waals surface area (Å²) in [7, 11) is -3.22. The van der Waals surface area contributed by atoms with E-state index in [1.807, 2.05) is 42.6 Å². The molecule has 0 bridgehead atoms. The van der Waals surface area contributed by atoms with E-state index in [0.29, 0.717) is 32.0 Å². The summed E-state index contributed by atoms with van der Waals surface area (Å²) in [6.45, 7) is 1.48. The van der Waals surface area contributed by atoms with Crippen molar-refractivity contribution in [3.05, 3.63) is 48.2 Å². The maximum atomic E-state index is 12.7. The highest BCUT2D eigenvalue weighted by Crippen LogP contribution is 2.35. The quantitative estimate of drug-likeness (QED) is 0.520. The van der Waals surface area contributed by atoms with Gasteiger partial charge >= 0.3 is 0 Å². The zero-order valence-corrected chi connectivity index (χ0v) is 19.8. The lowest BCUT2D eigenvalue weighted by molar-refractivity contribution is -0.131. The van der Waals surface area contributed by atoms with Crippen molar-refractivity contribution in [1.82, 2.24) is 19.2 Å². The summed E-state index contributed by atoms with van der Waals surface area (Å²) < 4.78 is 24.8. The molecule has 0 unspecified atom stereocenters. The molecule has 2 amide bonds. The van der Waals surface area contributed by atoms with Crippen LogP contribution < -0.4 is 4.90 Å².